The zero-order valence-electron chi connectivity index (χ0n) is 10.4. The van der Waals surface area contributed by atoms with E-state index < -0.39 is 5.97 Å². The van der Waals surface area contributed by atoms with E-state index in [9.17, 15) is 4.79 Å². The minimum atomic E-state index is -0.548. The number of halogens is 1. The van der Waals surface area contributed by atoms with Crippen LogP contribution in [-0.2, 0) is 16.6 Å². The molecule has 0 aliphatic rings. The first-order valence-corrected chi connectivity index (χ1v) is 5.77. The van der Waals surface area contributed by atoms with Crippen LogP contribution < -0.4 is 0 Å². The number of carbonyl (C=O) groups is 1. The van der Waals surface area contributed by atoms with Crippen LogP contribution in [0, 0.1) is 18.8 Å². The number of ether oxygens (including phenoxy) is 1. The second-order valence-corrected chi connectivity index (χ2v) is 4.36. The second-order valence-electron chi connectivity index (χ2n) is 3.92. The van der Waals surface area contributed by atoms with Gasteiger partial charge in [0.15, 0.2) is 0 Å². The van der Waals surface area contributed by atoms with Crippen LogP contribution in [0.4, 0.5) is 0 Å². The molecule has 92 valence electrons. The molecule has 0 aliphatic heterocycles. The summed E-state index contributed by atoms with van der Waals surface area (Å²) >= 11 is 5.99. The van der Waals surface area contributed by atoms with Gasteiger partial charge in [0.25, 0.3) is 0 Å². The first-order valence-electron chi connectivity index (χ1n) is 5.39. The Morgan fingerprint density at radius 2 is 2.17 bits per heavy atom. The number of nitrogens with zero attached hydrogens (tertiary/aromatic N) is 1. The molecule has 0 amide bonds. The Hall–Kier alpha value is -1.92. The molecule has 0 aliphatic carbocycles. The van der Waals surface area contributed by atoms with E-state index in [4.69, 9.17) is 11.6 Å². The van der Waals surface area contributed by atoms with Gasteiger partial charge < -0.3 is 9.30 Å². The maximum Gasteiger partial charge on any atom is 0.384 e. The summed E-state index contributed by atoms with van der Waals surface area (Å²) in [6, 6.07) is 5.63. The molecule has 0 radical (unpaired) electrons. The van der Waals surface area contributed by atoms with Crippen LogP contribution in [0.1, 0.15) is 11.3 Å². The Balaban J connectivity index is 2.68. The fourth-order valence-electron chi connectivity index (χ4n) is 1.87. The summed E-state index contributed by atoms with van der Waals surface area (Å²) in [6.45, 7) is 1.95. The first-order chi connectivity index (χ1) is 8.54. The molecule has 2 aromatic rings. The number of benzene rings is 1. The number of aryl methyl sites for hydroxylation is 1. The molecule has 0 fully saturated rings. The molecule has 0 unspecified atom stereocenters. The van der Waals surface area contributed by atoms with Gasteiger partial charge in [-0.25, -0.2) is 4.79 Å². The molecule has 0 saturated carbocycles. The van der Waals surface area contributed by atoms with E-state index in [2.05, 4.69) is 16.6 Å². The molecule has 1 heterocycles. The number of rotatable bonds is 0. The van der Waals surface area contributed by atoms with Gasteiger partial charge in [-0.1, -0.05) is 17.5 Å². The van der Waals surface area contributed by atoms with E-state index in [1.54, 1.807) is 0 Å². The van der Waals surface area contributed by atoms with Crippen molar-refractivity contribution in [2.24, 2.45) is 7.05 Å². The van der Waals surface area contributed by atoms with Crippen molar-refractivity contribution in [3.63, 3.8) is 0 Å². The number of aromatic nitrogens is 1. The third-order valence-electron chi connectivity index (χ3n) is 2.93. The van der Waals surface area contributed by atoms with E-state index in [1.807, 2.05) is 36.7 Å². The number of carbonyl (C=O) groups excluding carboxylic acids is 1. The van der Waals surface area contributed by atoms with Crippen molar-refractivity contribution in [2.45, 2.75) is 6.92 Å². The fourth-order valence-corrected chi connectivity index (χ4v) is 2.04. The molecule has 18 heavy (non-hydrogen) atoms. The molecule has 1 aromatic heterocycles. The maximum atomic E-state index is 11.1. The zero-order chi connectivity index (χ0) is 13.3. The molecule has 4 heteroatoms. The first kappa shape index (κ1) is 12.5. The topological polar surface area (TPSA) is 31.2 Å². The van der Waals surface area contributed by atoms with Gasteiger partial charge >= 0.3 is 5.97 Å². The molecule has 3 nitrogen and oxygen atoms in total. The highest BCUT2D eigenvalue weighted by Crippen LogP contribution is 2.26. The predicted octanol–water partition coefficient (Wildman–Crippen LogP) is 2.66. The van der Waals surface area contributed by atoms with Gasteiger partial charge in [0.2, 0.25) is 0 Å². The van der Waals surface area contributed by atoms with Gasteiger partial charge in [0.1, 0.15) is 0 Å². The van der Waals surface area contributed by atoms with Crippen LogP contribution in [0.5, 0.6) is 0 Å². The summed E-state index contributed by atoms with van der Waals surface area (Å²) in [5, 5.41) is 1.59. The average Bonchev–Trinajstić information content (AvgIpc) is 2.59. The van der Waals surface area contributed by atoms with Crippen LogP contribution >= 0.6 is 11.6 Å². The minimum Gasteiger partial charge on any atom is -0.459 e. The van der Waals surface area contributed by atoms with Crippen LogP contribution in [0.25, 0.3) is 10.9 Å². The molecule has 0 saturated heterocycles. The molecule has 0 atom stereocenters. The Kier molecular flexibility index (Phi) is 3.31. The smallest absolute Gasteiger partial charge is 0.384 e. The maximum absolute atomic E-state index is 11.1. The molecule has 0 bridgehead atoms. The third-order valence-corrected chi connectivity index (χ3v) is 3.16. The van der Waals surface area contributed by atoms with Gasteiger partial charge in [0, 0.05) is 34.6 Å². The fraction of sp³-hybridized carbons (Fsp3) is 0.214. The molecule has 0 N–H and O–H groups in total. The third kappa shape index (κ3) is 2.07. The van der Waals surface area contributed by atoms with Crippen molar-refractivity contribution >= 4 is 28.5 Å². The van der Waals surface area contributed by atoms with Crippen molar-refractivity contribution in [2.75, 3.05) is 7.11 Å². The summed E-state index contributed by atoms with van der Waals surface area (Å²) in [4.78, 5) is 11.1. The van der Waals surface area contributed by atoms with E-state index in [0.717, 1.165) is 22.2 Å². The van der Waals surface area contributed by atoms with Crippen molar-refractivity contribution in [1.82, 2.24) is 4.57 Å². The molecular weight excluding hydrogens is 250 g/mol. The number of esters is 1. The normalized spacial score (nSPS) is 10.0. The van der Waals surface area contributed by atoms with E-state index in [0.29, 0.717) is 5.02 Å². The van der Waals surface area contributed by atoms with Crippen LogP contribution in [0.3, 0.4) is 0 Å². The average molecular weight is 262 g/mol. The van der Waals surface area contributed by atoms with Crippen molar-refractivity contribution in [1.29, 1.82) is 0 Å². The number of hydrogen-bond acceptors (Lipinski definition) is 2. The van der Waals surface area contributed by atoms with Crippen LogP contribution in [0.2, 0.25) is 5.02 Å². The minimum absolute atomic E-state index is 0.548. The van der Waals surface area contributed by atoms with Crippen molar-refractivity contribution in [3.8, 4) is 11.8 Å². The van der Waals surface area contributed by atoms with E-state index in [1.165, 1.54) is 7.11 Å². The molecular formula is C14H12ClNO2. The van der Waals surface area contributed by atoms with Gasteiger partial charge in [-0.15, -0.1) is 0 Å². The SMILES string of the molecule is COC(=O)C#Cc1c(C)n(C)c2ccc(Cl)cc12. The highest BCUT2D eigenvalue weighted by Gasteiger charge is 2.10. The van der Waals surface area contributed by atoms with E-state index in [-0.39, 0.29) is 0 Å². The Morgan fingerprint density at radius 3 is 2.83 bits per heavy atom. The standard InChI is InChI=1S/C14H12ClNO2/c1-9-11(5-7-14(17)18-3)12-8-10(15)4-6-13(12)16(9)2/h4,6,8H,1-3H3. The summed E-state index contributed by atoms with van der Waals surface area (Å²) in [7, 11) is 3.26. The van der Waals surface area contributed by atoms with Crippen molar-refractivity contribution < 1.29 is 9.53 Å². The van der Waals surface area contributed by atoms with Gasteiger partial charge in [0.05, 0.1) is 12.7 Å². The van der Waals surface area contributed by atoms with Crippen LogP contribution in [-0.4, -0.2) is 17.6 Å². The Morgan fingerprint density at radius 1 is 1.44 bits per heavy atom. The lowest BCUT2D eigenvalue weighted by Crippen LogP contribution is -1.95. The lowest BCUT2D eigenvalue weighted by molar-refractivity contribution is -0.133. The molecule has 0 spiro atoms. The quantitative estimate of drug-likeness (QED) is 0.539. The van der Waals surface area contributed by atoms with Crippen molar-refractivity contribution in [3.05, 3.63) is 34.5 Å². The Bertz CT molecular complexity index is 689. The number of hydrogen-bond donors (Lipinski definition) is 0. The predicted molar refractivity (Wildman–Crippen MR) is 71.6 cm³/mol. The largest absolute Gasteiger partial charge is 0.459 e. The summed E-state index contributed by atoms with van der Waals surface area (Å²) in [5.41, 5.74) is 2.83. The number of fused-ring (bicyclic) bond motifs is 1. The Labute approximate surface area is 110 Å². The van der Waals surface area contributed by atoms with E-state index >= 15 is 0 Å². The molecule has 1 aromatic carbocycles. The van der Waals surface area contributed by atoms with Crippen LogP contribution in [0.15, 0.2) is 18.2 Å². The second kappa shape index (κ2) is 4.75. The lowest BCUT2D eigenvalue weighted by Gasteiger charge is -1.97. The van der Waals surface area contributed by atoms with Gasteiger partial charge in [-0.05, 0) is 25.1 Å². The number of methoxy groups -OCH3 is 1. The zero-order valence-corrected chi connectivity index (χ0v) is 11.1. The monoisotopic (exact) mass is 261 g/mol. The highest BCUT2D eigenvalue weighted by atomic mass is 35.5. The van der Waals surface area contributed by atoms with Gasteiger partial charge in [-0.2, -0.15) is 0 Å². The summed E-state index contributed by atoms with van der Waals surface area (Å²) in [5.74, 6) is 4.75. The van der Waals surface area contributed by atoms with Gasteiger partial charge in [-0.3, -0.25) is 0 Å². The lowest BCUT2D eigenvalue weighted by atomic mass is 10.1. The highest BCUT2D eigenvalue weighted by molar-refractivity contribution is 6.31. The summed E-state index contributed by atoms with van der Waals surface area (Å²) < 4.78 is 6.53. The summed E-state index contributed by atoms with van der Waals surface area (Å²) in [6.07, 6.45) is 0. The molecule has 2 rings (SSSR count).